The first-order chi connectivity index (χ1) is 15.2. The summed E-state index contributed by atoms with van der Waals surface area (Å²) in [5.41, 5.74) is -3.00. The molecule has 4 nitrogen and oxygen atoms in total. The van der Waals surface area contributed by atoms with E-state index in [0.717, 1.165) is 11.6 Å². The van der Waals surface area contributed by atoms with Crippen molar-refractivity contribution in [3.05, 3.63) is 83.4 Å². The van der Waals surface area contributed by atoms with E-state index in [1.807, 2.05) is 0 Å². The smallest absolute Gasteiger partial charge is 0.380 e. The molecule has 0 aliphatic carbocycles. The zero-order chi connectivity index (χ0) is 24.7. The summed E-state index contributed by atoms with van der Waals surface area (Å²) in [4.78, 5) is 7.81. The van der Waals surface area contributed by atoms with Crippen LogP contribution >= 0.6 is 0 Å². The van der Waals surface area contributed by atoms with Gasteiger partial charge in [0, 0.05) is 23.5 Å². The Kier molecular flexibility index (Phi) is 6.12. The SMILES string of the molecule is CC(C)(C#N)c1ccc(-c2ccc(C(O)(c3cncnc3)C(C)(C)C)c(C(F)(F)F)c2)cc1. The predicted molar refractivity (Wildman–Crippen MR) is 120 cm³/mol. The molecule has 1 heterocycles. The highest BCUT2D eigenvalue weighted by Gasteiger charge is 2.49. The summed E-state index contributed by atoms with van der Waals surface area (Å²) in [6, 6.07) is 13.0. The molecule has 7 heteroatoms. The molecule has 3 aromatic rings. The fourth-order valence-electron chi connectivity index (χ4n) is 3.90. The number of aromatic nitrogens is 2. The van der Waals surface area contributed by atoms with E-state index in [-0.39, 0.29) is 11.1 Å². The predicted octanol–water partition coefficient (Wildman–Crippen LogP) is 6.25. The van der Waals surface area contributed by atoms with Gasteiger partial charge in [-0.25, -0.2) is 9.97 Å². The summed E-state index contributed by atoms with van der Waals surface area (Å²) in [5.74, 6) is 0. The van der Waals surface area contributed by atoms with Gasteiger partial charge in [0.15, 0.2) is 0 Å². The van der Waals surface area contributed by atoms with Crippen LogP contribution in [0.15, 0.2) is 61.2 Å². The van der Waals surface area contributed by atoms with Crippen LogP contribution in [-0.4, -0.2) is 15.1 Å². The normalized spacial score (nSPS) is 14.4. The highest BCUT2D eigenvalue weighted by atomic mass is 19.4. The maximum atomic E-state index is 14.3. The Bertz CT molecular complexity index is 1170. The van der Waals surface area contributed by atoms with Crippen molar-refractivity contribution in [2.45, 2.75) is 51.8 Å². The maximum Gasteiger partial charge on any atom is 0.416 e. The van der Waals surface area contributed by atoms with Crippen LogP contribution in [0.3, 0.4) is 0 Å². The summed E-state index contributed by atoms with van der Waals surface area (Å²) in [7, 11) is 0. The van der Waals surface area contributed by atoms with Crippen LogP contribution in [0.5, 0.6) is 0 Å². The van der Waals surface area contributed by atoms with Crippen LogP contribution in [0.4, 0.5) is 13.2 Å². The molecule has 0 saturated heterocycles. The van der Waals surface area contributed by atoms with Crippen molar-refractivity contribution >= 4 is 0 Å². The Morgan fingerprint density at radius 3 is 1.82 bits per heavy atom. The number of benzene rings is 2. The minimum Gasteiger partial charge on any atom is -0.380 e. The minimum atomic E-state index is -4.71. The van der Waals surface area contributed by atoms with E-state index in [1.54, 1.807) is 65.0 Å². The minimum absolute atomic E-state index is 0.179. The summed E-state index contributed by atoms with van der Waals surface area (Å²) in [5, 5.41) is 21.1. The fraction of sp³-hybridized carbons (Fsp3) is 0.346. The Morgan fingerprint density at radius 2 is 1.33 bits per heavy atom. The van der Waals surface area contributed by atoms with Crippen molar-refractivity contribution in [3.8, 4) is 17.2 Å². The summed E-state index contributed by atoms with van der Waals surface area (Å²) < 4.78 is 42.8. The standard InChI is InChI=1S/C26H26F3N3O/c1-23(2,3)25(33,20-13-31-16-32-14-20)21-11-8-18(12-22(21)26(27,28)29)17-6-9-19(10-7-17)24(4,5)15-30/h6-14,16,33H,1-5H3. The lowest BCUT2D eigenvalue weighted by Gasteiger charge is -2.42. The molecular formula is C26H26F3N3O. The van der Waals surface area contributed by atoms with Crippen molar-refractivity contribution in [1.82, 2.24) is 9.97 Å². The van der Waals surface area contributed by atoms with E-state index >= 15 is 0 Å². The highest BCUT2D eigenvalue weighted by molar-refractivity contribution is 5.66. The number of rotatable bonds is 4. The Labute approximate surface area is 191 Å². The van der Waals surface area contributed by atoms with Crippen LogP contribution in [0.25, 0.3) is 11.1 Å². The quantitative estimate of drug-likeness (QED) is 0.507. The molecule has 0 saturated carbocycles. The summed E-state index contributed by atoms with van der Waals surface area (Å²) in [6.45, 7) is 8.57. The molecule has 1 unspecified atom stereocenters. The lowest BCUT2D eigenvalue weighted by Crippen LogP contribution is -2.42. The number of aliphatic hydroxyl groups is 1. The first-order valence-electron chi connectivity index (χ1n) is 10.4. The van der Waals surface area contributed by atoms with E-state index in [1.165, 1.54) is 24.8 Å². The molecule has 0 aliphatic rings. The van der Waals surface area contributed by atoms with Gasteiger partial charge in [0.25, 0.3) is 0 Å². The number of halogens is 3. The van der Waals surface area contributed by atoms with Gasteiger partial charge >= 0.3 is 6.18 Å². The van der Waals surface area contributed by atoms with Crippen molar-refractivity contribution in [2.75, 3.05) is 0 Å². The maximum absolute atomic E-state index is 14.3. The van der Waals surface area contributed by atoms with Crippen LogP contribution < -0.4 is 0 Å². The van der Waals surface area contributed by atoms with Gasteiger partial charge in [-0.05, 0) is 42.0 Å². The molecule has 0 fully saturated rings. The second-order valence-electron chi connectivity index (χ2n) is 9.66. The molecular weight excluding hydrogens is 427 g/mol. The lowest BCUT2D eigenvalue weighted by atomic mass is 9.67. The van der Waals surface area contributed by atoms with Crippen LogP contribution in [-0.2, 0) is 17.2 Å². The molecule has 33 heavy (non-hydrogen) atoms. The molecule has 1 aromatic heterocycles. The van der Waals surface area contributed by atoms with E-state index in [4.69, 9.17) is 0 Å². The monoisotopic (exact) mass is 453 g/mol. The number of hydrogen-bond acceptors (Lipinski definition) is 4. The van der Waals surface area contributed by atoms with E-state index < -0.39 is 28.2 Å². The fourth-order valence-corrected chi connectivity index (χ4v) is 3.90. The third-order valence-corrected chi connectivity index (χ3v) is 6.00. The van der Waals surface area contributed by atoms with Crippen molar-refractivity contribution in [3.63, 3.8) is 0 Å². The number of alkyl halides is 3. The number of hydrogen-bond donors (Lipinski definition) is 1. The Hall–Kier alpha value is -3.24. The molecule has 0 aliphatic heterocycles. The topological polar surface area (TPSA) is 69.8 Å². The van der Waals surface area contributed by atoms with Crippen molar-refractivity contribution in [1.29, 1.82) is 5.26 Å². The second-order valence-corrected chi connectivity index (χ2v) is 9.66. The first kappa shape index (κ1) is 24.4. The van der Waals surface area contributed by atoms with Crippen LogP contribution in [0, 0.1) is 16.7 Å². The second kappa shape index (κ2) is 8.27. The lowest BCUT2D eigenvalue weighted by molar-refractivity contribution is -0.142. The van der Waals surface area contributed by atoms with Gasteiger partial charge in [0.2, 0.25) is 0 Å². The largest absolute Gasteiger partial charge is 0.416 e. The Balaban J connectivity index is 2.21. The van der Waals surface area contributed by atoms with Gasteiger partial charge in [-0.15, -0.1) is 0 Å². The molecule has 3 rings (SSSR count). The van der Waals surface area contributed by atoms with Crippen molar-refractivity contribution in [2.24, 2.45) is 5.41 Å². The molecule has 1 N–H and O–H groups in total. The third-order valence-electron chi connectivity index (χ3n) is 6.00. The first-order valence-corrected chi connectivity index (χ1v) is 10.4. The average molecular weight is 454 g/mol. The molecule has 1 atom stereocenters. The third kappa shape index (κ3) is 4.49. The summed E-state index contributed by atoms with van der Waals surface area (Å²) >= 11 is 0. The molecule has 0 radical (unpaired) electrons. The molecule has 0 amide bonds. The van der Waals surface area contributed by atoms with Crippen LogP contribution in [0.2, 0.25) is 0 Å². The molecule has 172 valence electrons. The van der Waals surface area contributed by atoms with Crippen LogP contribution in [0.1, 0.15) is 56.9 Å². The van der Waals surface area contributed by atoms with Gasteiger partial charge in [-0.1, -0.05) is 57.2 Å². The molecule has 2 aromatic carbocycles. The zero-order valence-electron chi connectivity index (χ0n) is 19.2. The average Bonchev–Trinajstić information content (AvgIpc) is 2.77. The summed E-state index contributed by atoms with van der Waals surface area (Å²) in [6.07, 6.45) is -0.773. The van der Waals surface area contributed by atoms with Gasteiger partial charge in [-0.2, -0.15) is 18.4 Å². The zero-order valence-corrected chi connectivity index (χ0v) is 19.2. The number of nitriles is 1. The van der Waals surface area contributed by atoms with Gasteiger partial charge in [0.05, 0.1) is 17.0 Å². The molecule has 0 spiro atoms. The van der Waals surface area contributed by atoms with Gasteiger partial charge < -0.3 is 5.11 Å². The van der Waals surface area contributed by atoms with E-state index in [9.17, 15) is 23.5 Å². The van der Waals surface area contributed by atoms with Gasteiger partial charge in [0.1, 0.15) is 11.9 Å². The highest BCUT2D eigenvalue weighted by Crippen LogP contribution is 2.49. The van der Waals surface area contributed by atoms with Gasteiger partial charge in [-0.3, -0.25) is 0 Å². The van der Waals surface area contributed by atoms with E-state index in [0.29, 0.717) is 11.1 Å². The number of nitrogens with zero attached hydrogens (tertiary/aromatic N) is 3. The van der Waals surface area contributed by atoms with E-state index in [2.05, 4.69) is 16.0 Å². The molecule has 0 bridgehead atoms. The van der Waals surface area contributed by atoms with Crippen molar-refractivity contribution < 1.29 is 18.3 Å². The Morgan fingerprint density at radius 1 is 0.788 bits per heavy atom.